The van der Waals surface area contributed by atoms with Crippen LogP contribution in [0.1, 0.15) is 34.4 Å². The normalized spacial score (nSPS) is 16.9. The molecular formula is C17H21N5O3S. The summed E-state index contributed by atoms with van der Waals surface area (Å²) in [6.45, 7) is 3.17. The predicted octanol–water partition coefficient (Wildman–Crippen LogP) is 1.20. The molecule has 3 aromatic rings. The summed E-state index contributed by atoms with van der Waals surface area (Å²) in [5, 5.41) is 16.7. The van der Waals surface area contributed by atoms with E-state index in [-0.39, 0.29) is 24.9 Å². The summed E-state index contributed by atoms with van der Waals surface area (Å²) in [5.41, 5.74) is 2.02. The van der Waals surface area contributed by atoms with E-state index in [1.807, 2.05) is 0 Å². The first kappa shape index (κ1) is 17.3. The van der Waals surface area contributed by atoms with Gasteiger partial charge in [-0.3, -0.25) is 4.79 Å². The number of rotatable bonds is 6. The number of hydrogen-bond donors (Lipinski definition) is 2. The Morgan fingerprint density at radius 1 is 1.50 bits per heavy atom. The fourth-order valence-corrected chi connectivity index (χ4v) is 4.50. The Balaban J connectivity index is 1.61. The Labute approximate surface area is 154 Å². The van der Waals surface area contributed by atoms with Gasteiger partial charge in [0.05, 0.1) is 25.2 Å². The highest BCUT2D eigenvalue weighted by molar-refractivity contribution is 7.19. The highest BCUT2D eigenvalue weighted by atomic mass is 32.1. The average molecular weight is 375 g/mol. The summed E-state index contributed by atoms with van der Waals surface area (Å²) in [7, 11) is 0. The van der Waals surface area contributed by atoms with Crippen LogP contribution in [0.25, 0.3) is 15.9 Å². The lowest BCUT2D eigenvalue weighted by molar-refractivity contribution is 0.0832. The highest BCUT2D eigenvalue weighted by Crippen LogP contribution is 2.38. The molecule has 26 heavy (non-hydrogen) atoms. The molecule has 1 atom stereocenters. The number of thiophene rings is 1. The van der Waals surface area contributed by atoms with Crippen LogP contribution in [0.2, 0.25) is 0 Å². The van der Waals surface area contributed by atoms with Gasteiger partial charge in [0.1, 0.15) is 11.2 Å². The second-order valence-electron chi connectivity index (χ2n) is 6.57. The first-order valence-corrected chi connectivity index (χ1v) is 9.61. The Hall–Kier alpha value is -2.10. The molecule has 0 saturated carbocycles. The van der Waals surface area contributed by atoms with Gasteiger partial charge in [-0.2, -0.15) is 0 Å². The molecule has 1 amide bonds. The third-order valence-electron chi connectivity index (χ3n) is 4.60. The summed E-state index contributed by atoms with van der Waals surface area (Å²) >= 11 is 1.73. The van der Waals surface area contributed by atoms with Gasteiger partial charge in [0.25, 0.3) is 5.91 Å². The molecule has 1 aliphatic rings. The van der Waals surface area contributed by atoms with Gasteiger partial charge >= 0.3 is 0 Å². The van der Waals surface area contributed by atoms with E-state index in [9.17, 15) is 4.79 Å². The van der Waals surface area contributed by atoms with E-state index in [1.165, 1.54) is 16.9 Å². The number of nitrogens with zero attached hydrogens (tertiary/aromatic N) is 4. The maximum atomic E-state index is 12.3. The molecule has 0 fully saturated rings. The zero-order chi connectivity index (χ0) is 18.1. The number of fused-ring (bicyclic) bond motifs is 5. The van der Waals surface area contributed by atoms with Crippen molar-refractivity contribution in [3.8, 4) is 0 Å². The van der Waals surface area contributed by atoms with Crippen LogP contribution in [0, 0.1) is 5.92 Å². The molecule has 1 aliphatic carbocycles. The minimum Gasteiger partial charge on any atom is -0.394 e. The topological polar surface area (TPSA) is 102 Å². The number of aliphatic hydroxyl groups is 1. The van der Waals surface area contributed by atoms with E-state index in [0.717, 1.165) is 23.1 Å². The zero-order valence-electron chi connectivity index (χ0n) is 14.6. The van der Waals surface area contributed by atoms with Crippen molar-refractivity contribution in [2.24, 2.45) is 5.92 Å². The van der Waals surface area contributed by atoms with Crippen LogP contribution in [0.3, 0.4) is 0 Å². The summed E-state index contributed by atoms with van der Waals surface area (Å²) in [4.78, 5) is 23.6. The van der Waals surface area contributed by atoms with Gasteiger partial charge in [0.2, 0.25) is 5.82 Å². The molecule has 0 spiro atoms. The number of ether oxygens (including phenoxy) is 1. The second kappa shape index (κ2) is 7.26. The predicted molar refractivity (Wildman–Crippen MR) is 97.6 cm³/mol. The number of aromatic nitrogens is 4. The van der Waals surface area contributed by atoms with Crippen molar-refractivity contribution in [1.29, 1.82) is 0 Å². The van der Waals surface area contributed by atoms with E-state index in [0.29, 0.717) is 24.7 Å². The number of carbonyl (C=O) groups is 1. The van der Waals surface area contributed by atoms with Crippen LogP contribution in [0.4, 0.5) is 0 Å². The highest BCUT2D eigenvalue weighted by Gasteiger charge is 2.24. The number of aryl methyl sites for hydroxylation is 1. The van der Waals surface area contributed by atoms with Crippen LogP contribution >= 0.6 is 11.3 Å². The van der Waals surface area contributed by atoms with Gasteiger partial charge in [-0.25, -0.2) is 14.5 Å². The molecule has 2 N–H and O–H groups in total. The van der Waals surface area contributed by atoms with Crippen molar-refractivity contribution in [2.75, 3.05) is 26.4 Å². The smallest absolute Gasteiger partial charge is 0.291 e. The first-order chi connectivity index (χ1) is 12.7. The molecule has 1 unspecified atom stereocenters. The monoisotopic (exact) mass is 375 g/mol. The van der Waals surface area contributed by atoms with E-state index in [4.69, 9.17) is 9.84 Å². The standard InChI is InChI=1S/C17H21N5O3S/c1-10-2-3-12-11(8-10)13-15-20-14(16(24)18-4-6-25-7-5-23)21-22(15)9-19-17(13)26-12/h9-10,23H,2-8H2,1H3,(H,18,24). The van der Waals surface area contributed by atoms with Crippen molar-refractivity contribution in [3.05, 3.63) is 22.6 Å². The summed E-state index contributed by atoms with van der Waals surface area (Å²) < 4.78 is 6.72. The number of carbonyl (C=O) groups excluding carboxylic acids is 1. The quantitative estimate of drug-likeness (QED) is 0.628. The van der Waals surface area contributed by atoms with E-state index >= 15 is 0 Å². The molecule has 0 bridgehead atoms. The molecule has 8 nitrogen and oxygen atoms in total. The fraction of sp³-hybridized carbons (Fsp3) is 0.529. The maximum absolute atomic E-state index is 12.3. The molecule has 4 rings (SSSR count). The largest absolute Gasteiger partial charge is 0.394 e. The molecule has 0 saturated heterocycles. The molecule has 0 aromatic carbocycles. The van der Waals surface area contributed by atoms with Gasteiger partial charge in [0.15, 0.2) is 5.65 Å². The van der Waals surface area contributed by atoms with Gasteiger partial charge in [-0.05, 0) is 30.7 Å². The van der Waals surface area contributed by atoms with Crippen LogP contribution in [0.15, 0.2) is 6.33 Å². The van der Waals surface area contributed by atoms with Gasteiger partial charge < -0.3 is 15.2 Å². The molecule has 3 aromatic heterocycles. The first-order valence-electron chi connectivity index (χ1n) is 8.79. The molecule has 3 heterocycles. The summed E-state index contributed by atoms with van der Waals surface area (Å²) in [6, 6.07) is 0. The lowest BCUT2D eigenvalue weighted by Gasteiger charge is -2.17. The minimum atomic E-state index is -0.341. The SMILES string of the molecule is CC1CCc2sc3ncn4nc(C(=O)NCCOCCO)nc4c3c2C1. The van der Waals surface area contributed by atoms with Crippen LogP contribution in [-0.4, -0.2) is 57.0 Å². The van der Waals surface area contributed by atoms with E-state index in [1.54, 1.807) is 22.2 Å². The molecule has 0 aliphatic heterocycles. The second-order valence-corrected chi connectivity index (χ2v) is 7.66. The number of nitrogens with one attached hydrogen (secondary N) is 1. The third kappa shape index (κ3) is 3.17. The Morgan fingerprint density at radius 3 is 3.23 bits per heavy atom. The van der Waals surface area contributed by atoms with E-state index in [2.05, 4.69) is 27.3 Å². The van der Waals surface area contributed by atoms with Gasteiger partial charge in [0, 0.05) is 11.4 Å². The van der Waals surface area contributed by atoms with Crippen molar-refractivity contribution >= 4 is 33.1 Å². The van der Waals surface area contributed by atoms with Gasteiger partial charge in [-0.1, -0.05) is 6.92 Å². The lowest BCUT2D eigenvalue weighted by Crippen LogP contribution is -2.28. The lowest BCUT2D eigenvalue weighted by atomic mass is 9.89. The number of hydrogen-bond acceptors (Lipinski definition) is 7. The Morgan fingerprint density at radius 2 is 2.38 bits per heavy atom. The van der Waals surface area contributed by atoms with Crippen LogP contribution in [-0.2, 0) is 17.6 Å². The van der Waals surface area contributed by atoms with Crippen molar-refractivity contribution in [1.82, 2.24) is 24.9 Å². The minimum absolute atomic E-state index is 0.0332. The Kier molecular flexibility index (Phi) is 4.84. The van der Waals surface area contributed by atoms with Crippen LogP contribution in [0.5, 0.6) is 0 Å². The number of aliphatic hydroxyl groups excluding tert-OH is 1. The summed E-state index contributed by atoms with van der Waals surface area (Å²) in [6.07, 6.45) is 4.93. The summed E-state index contributed by atoms with van der Waals surface area (Å²) in [5.74, 6) is 0.433. The third-order valence-corrected chi connectivity index (χ3v) is 5.80. The van der Waals surface area contributed by atoms with Crippen molar-refractivity contribution in [3.63, 3.8) is 0 Å². The fourth-order valence-electron chi connectivity index (χ4n) is 3.33. The van der Waals surface area contributed by atoms with E-state index < -0.39 is 0 Å². The van der Waals surface area contributed by atoms with Crippen LogP contribution < -0.4 is 5.32 Å². The zero-order valence-corrected chi connectivity index (χ0v) is 15.4. The Bertz CT molecular complexity index is 951. The molecular weight excluding hydrogens is 354 g/mol. The number of amides is 1. The van der Waals surface area contributed by atoms with Crippen molar-refractivity contribution < 1.29 is 14.6 Å². The molecule has 9 heteroatoms. The molecule has 0 radical (unpaired) electrons. The average Bonchev–Trinajstić information content (AvgIpc) is 3.21. The van der Waals surface area contributed by atoms with Gasteiger partial charge in [-0.15, -0.1) is 16.4 Å². The maximum Gasteiger partial charge on any atom is 0.291 e. The van der Waals surface area contributed by atoms with Crippen molar-refractivity contribution in [2.45, 2.75) is 26.2 Å². The molecule has 138 valence electrons.